The molecule has 0 spiro atoms. The maximum absolute atomic E-state index is 3.38. The fraction of sp³-hybridized carbons (Fsp3) is 1.00. The van der Waals surface area contributed by atoms with Crippen molar-refractivity contribution in [3.8, 4) is 0 Å². The van der Waals surface area contributed by atoms with E-state index in [1.807, 2.05) is 0 Å². The molecule has 0 bridgehead atoms. The third-order valence-corrected chi connectivity index (χ3v) is 3.67. The van der Waals surface area contributed by atoms with Gasteiger partial charge < -0.3 is 10.2 Å². The monoisotopic (exact) mass is 182 g/mol. The summed E-state index contributed by atoms with van der Waals surface area (Å²) in [5.41, 5.74) is 0. The molecule has 0 amide bonds. The van der Waals surface area contributed by atoms with E-state index in [-0.39, 0.29) is 0 Å². The molecule has 1 aliphatic heterocycles. The lowest BCUT2D eigenvalue weighted by molar-refractivity contribution is 0.274. The van der Waals surface area contributed by atoms with E-state index in [1.165, 1.54) is 51.7 Å². The SMILES string of the molecule is CNC1CCN(CC2CCCC2)C1. The van der Waals surface area contributed by atoms with Crippen molar-refractivity contribution in [1.82, 2.24) is 10.2 Å². The largest absolute Gasteiger partial charge is 0.316 e. The van der Waals surface area contributed by atoms with Crippen molar-refractivity contribution in [2.75, 3.05) is 26.7 Å². The summed E-state index contributed by atoms with van der Waals surface area (Å²) in [4.78, 5) is 2.65. The molecule has 1 unspecified atom stereocenters. The number of rotatable bonds is 3. The Bertz CT molecular complexity index is 152. The minimum Gasteiger partial charge on any atom is -0.316 e. The Morgan fingerprint density at radius 2 is 2.00 bits per heavy atom. The molecule has 13 heavy (non-hydrogen) atoms. The van der Waals surface area contributed by atoms with Crippen LogP contribution in [0.25, 0.3) is 0 Å². The van der Waals surface area contributed by atoms with Crippen LogP contribution in [0.15, 0.2) is 0 Å². The molecule has 1 N–H and O–H groups in total. The van der Waals surface area contributed by atoms with Gasteiger partial charge in [0.05, 0.1) is 0 Å². The predicted octanol–water partition coefficient (Wildman–Crippen LogP) is 1.47. The number of hydrogen-bond donors (Lipinski definition) is 1. The highest BCUT2D eigenvalue weighted by atomic mass is 15.2. The van der Waals surface area contributed by atoms with Gasteiger partial charge in [-0.3, -0.25) is 0 Å². The van der Waals surface area contributed by atoms with E-state index in [0.717, 1.165) is 12.0 Å². The number of nitrogens with zero attached hydrogens (tertiary/aromatic N) is 1. The predicted molar refractivity (Wildman–Crippen MR) is 55.9 cm³/mol. The lowest BCUT2D eigenvalue weighted by Crippen LogP contribution is -2.31. The molecule has 1 saturated carbocycles. The van der Waals surface area contributed by atoms with E-state index >= 15 is 0 Å². The van der Waals surface area contributed by atoms with Crippen molar-refractivity contribution in [2.24, 2.45) is 5.92 Å². The second-order valence-corrected chi connectivity index (χ2v) is 4.68. The zero-order chi connectivity index (χ0) is 9.10. The van der Waals surface area contributed by atoms with Crippen LogP contribution in [0.5, 0.6) is 0 Å². The third kappa shape index (κ3) is 2.44. The van der Waals surface area contributed by atoms with Crippen molar-refractivity contribution < 1.29 is 0 Å². The number of likely N-dealkylation sites (tertiary alicyclic amines) is 1. The van der Waals surface area contributed by atoms with Crippen LogP contribution >= 0.6 is 0 Å². The molecular weight excluding hydrogens is 160 g/mol. The second kappa shape index (κ2) is 4.43. The normalized spacial score (nSPS) is 31.6. The molecule has 2 fully saturated rings. The molecule has 2 nitrogen and oxygen atoms in total. The van der Waals surface area contributed by atoms with Gasteiger partial charge in [-0.15, -0.1) is 0 Å². The first-order chi connectivity index (χ1) is 6.38. The van der Waals surface area contributed by atoms with Gasteiger partial charge >= 0.3 is 0 Å². The quantitative estimate of drug-likeness (QED) is 0.711. The number of nitrogens with one attached hydrogen (secondary N) is 1. The molecule has 1 saturated heterocycles. The molecule has 1 atom stereocenters. The highest BCUT2D eigenvalue weighted by molar-refractivity contribution is 4.82. The minimum absolute atomic E-state index is 0.765. The van der Waals surface area contributed by atoms with Crippen LogP contribution in [0.2, 0.25) is 0 Å². The maximum atomic E-state index is 3.38. The first kappa shape index (κ1) is 9.47. The standard InChI is InChI=1S/C11H22N2/c1-12-11-6-7-13(9-11)8-10-4-2-3-5-10/h10-12H,2-9H2,1H3. The van der Waals surface area contributed by atoms with E-state index in [0.29, 0.717) is 0 Å². The topological polar surface area (TPSA) is 15.3 Å². The van der Waals surface area contributed by atoms with Crippen LogP contribution in [0, 0.1) is 5.92 Å². The van der Waals surface area contributed by atoms with E-state index in [4.69, 9.17) is 0 Å². The van der Waals surface area contributed by atoms with Gasteiger partial charge in [-0.25, -0.2) is 0 Å². The van der Waals surface area contributed by atoms with E-state index in [1.54, 1.807) is 0 Å². The molecule has 2 heteroatoms. The molecule has 1 aliphatic carbocycles. The Kier molecular flexibility index (Phi) is 3.23. The van der Waals surface area contributed by atoms with Crippen molar-refractivity contribution >= 4 is 0 Å². The molecule has 0 aromatic heterocycles. The first-order valence-electron chi connectivity index (χ1n) is 5.78. The highest BCUT2D eigenvalue weighted by Crippen LogP contribution is 2.26. The van der Waals surface area contributed by atoms with E-state index in [2.05, 4.69) is 17.3 Å². The van der Waals surface area contributed by atoms with Crippen LogP contribution in [-0.2, 0) is 0 Å². The minimum atomic E-state index is 0.765. The van der Waals surface area contributed by atoms with Crippen LogP contribution in [-0.4, -0.2) is 37.6 Å². The van der Waals surface area contributed by atoms with Gasteiger partial charge in [0.15, 0.2) is 0 Å². The van der Waals surface area contributed by atoms with Crippen molar-refractivity contribution in [3.63, 3.8) is 0 Å². The molecule has 2 aliphatic rings. The van der Waals surface area contributed by atoms with Crippen LogP contribution < -0.4 is 5.32 Å². The molecule has 2 rings (SSSR count). The van der Waals surface area contributed by atoms with Gasteiger partial charge in [-0.2, -0.15) is 0 Å². The average molecular weight is 182 g/mol. The molecule has 0 aromatic carbocycles. The first-order valence-corrected chi connectivity index (χ1v) is 5.78. The molecule has 76 valence electrons. The van der Waals surface area contributed by atoms with E-state index < -0.39 is 0 Å². The Labute approximate surface area is 81.7 Å². The van der Waals surface area contributed by atoms with Gasteiger partial charge in [-0.05, 0) is 38.8 Å². The summed E-state index contributed by atoms with van der Waals surface area (Å²) in [7, 11) is 2.09. The molecular formula is C11H22N2. The average Bonchev–Trinajstić information content (AvgIpc) is 2.76. The summed E-state index contributed by atoms with van der Waals surface area (Å²) in [5, 5.41) is 3.38. The van der Waals surface area contributed by atoms with Gasteiger partial charge in [0.25, 0.3) is 0 Å². The summed E-state index contributed by atoms with van der Waals surface area (Å²) in [6, 6.07) is 0.765. The molecule has 0 radical (unpaired) electrons. The summed E-state index contributed by atoms with van der Waals surface area (Å²) >= 11 is 0. The fourth-order valence-corrected chi connectivity index (χ4v) is 2.79. The zero-order valence-electron chi connectivity index (χ0n) is 8.76. The highest BCUT2D eigenvalue weighted by Gasteiger charge is 2.24. The Morgan fingerprint density at radius 1 is 1.23 bits per heavy atom. The Morgan fingerprint density at radius 3 is 2.62 bits per heavy atom. The summed E-state index contributed by atoms with van der Waals surface area (Å²) < 4.78 is 0. The van der Waals surface area contributed by atoms with Crippen molar-refractivity contribution in [2.45, 2.75) is 38.1 Å². The van der Waals surface area contributed by atoms with Crippen molar-refractivity contribution in [3.05, 3.63) is 0 Å². The van der Waals surface area contributed by atoms with Crippen molar-refractivity contribution in [1.29, 1.82) is 0 Å². The zero-order valence-corrected chi connectivity index (χ0v) is 8.76. The Balaban J connectivity index is 1.70. The lowest BCUT2D eigenvalue weighted by Gasteiger charge is -2.19. The Hall–Kier alpha value is -0.0800. The molecule has 1 heterocycles. The van der Waals surface area contributed by atoms with E-state index in [9.17, 15) is 0 Å². The smallest absolute Gasteiger partial charge is 0.0204 e. The van der Waals surface area contributed by atoms with Crippen LogP contribution in [0.1, 0.15) is 32.1 Å². The summed E-state index contributed by atoms with van der Waals surface area (Å²) in [6.45, 7) is 3.98. The van der Waals surface area contributed by atoms with Crippen LogP contribution in [0.4, 0.5) is 0 Å². The van der Waals surface area contributed by atoms with Gasteiger partial charge in [-0.1, -0.05) is 12.8 Å². The van der Waals surface area contributed by atoms with Gasteiger partial charge in [0, 0.05) is 19.1 Å². The molecule has 0 aromatic rings. The lowest BCUT2D eigenvalue weighted by atomic mass is 10.1. The van der Waals surface area contributed by atoms with Gasteiger partial charge in [0.2, 0.25) is 0 Å². The summed E-state index contributed by atoms with van der Waals surface area (Å²) in [5.74, 6) is 1.02. The fourth-order valence-electron chi connectivity index (χ4n) is 2.79. The number of likely N-dealkylation sites (N-methyl/N-ethyl adjacent to an activating group) is 1. The number of hydrogen-bond acceptors (Lipinski definition) is 2. The summed E-state index contributed by atoms with van der Waals surface area (Å²) in [6.07, 6.45) is 7.28. The maximum Gasteiger partial charge on any atom is 0.0204 e. The second-order valence-electron chi connectivity index (χ2n) is 4.68. The third-order valence-electron chi connectivity index (χ3n) is 3.67. The van der Waals surface area contributed by atoms with Crippen LogP contribution in [0.3, 0.4) is 0 Å². The van der Waals surface area contributed by atoms with Gasteiger partial charge in [0.1, 0.15) is 0 Å².